The number of phenols is 3. The van der Waals surface area contributed by atoms with Crippen molar-refractivity contribution in [3.8, 4) is 34.5 Å². The smallest absolute Gasteiger partial charge is 0.200 e. The van der Waals surface area contributed by atoms with Gasteiger partial charge < -0.3 is 34.9 Å². The third-order valence-electron chi connectivity index (χ3n) is 4.62. The Morgan fingerprint density at radius 2 is 1.62 bits per heavy atom. The lowest BCUT2D eigenvalue weighted by atomic mass is 10.1. The number of hydrogen-bond acceptors (Lipinski definition) is 8. The van der Waals surface area contributed by atoms with Gasteiger partial charge in [-0.1, -0.05) is 18.2 Å². The fraction of sp³-hybridized carbons (Fsp3) is 0.120. The van der Waals surface area contributed by atoms with E-state index in [1.165, 1.54) is 38.5 Å². The van der Waals surface area contributed by atoms with Crippen LogP contribution in [0.3, 0.4) is 0 Å². The number of hydrogen-bond donors (Lipinski definition) is 5. The summed E-state index contributed by atoms with van der Waals surface area (Å²) in [6.07, 6.45) is 6.63. The van der Waals surface area contributed by atoms with Gasteiger partial charge in [0.2, 0.25) is 5.75 Å². The largest absolute Gasteiger partial charge is 0.508 e. The second-order valence-electron chi connectivity index (χ2n) is 7.00. The molecule has 0 saturated heterocycles. The van der Waals surface area contributed by atoms with E-state index in [1.54, 1.807) is 48.7 Å². The number of nitrogens with one attached hydrogen (secondary N) is 2. The van der Waals surface area contributed by atoms with Crippen LogP contribution in [-0.2, 0) is 0 Å². The van der Waals surface area contributed by atoms with Gasteiger partial charge in [-0.15, -0.1) is 0 Å². The molecule has 0 radical (unpaired) electrons. The Bertz CT molecular complexity index is 1180. The maximum Gasteiger partial charge on any atom is 0.200 e. The molecule has 3 aromatic carbocycles. The van der Waals surface area contributed by atoms with Crippen molar-refractivity contribution in [2.45, 2.75) is 0 Å². The van der Waals surface area contributed by atoms with Gasteiger partial charge in [-0.05, 0) is 65.9 Å². The summed E-state index contributed by atoms with van der Waals surface area (Å²) < 4.78 is 24.7. The molecule has 9 heteroatoms. The minimum absolute atomic E-state index is 0.0547. The number of aromatic hydroxyl groups is 3. The zero-order chi connectivity index (χ0) is 24.5. The summed E-state index contributed by atoms with van der Waals surface area (Å²) >= 11 is 0. The minimum Gasteiger partial charge on any atom is -0.508 e. The van der Waals surface area contributed by atoms with Crippen LogP contribution in [0.4, 0.5) is 10.1 Å². The molecule has 0 aliphatic rings. The molecule has 3 aromatic rings. The molecular weight excluding hydrogens is 443 g/mol. The Hall–Kier alpha value is -4.37. The molecule has 3 rings (SSSR count). The fourth-order valence-electron chi connectivity index (χ4n) is 2.98. The maximum absolute atomic E-state index is 14.6. The number of anilines is 1. The van der Waals surface area contributed by atoms with Crippen molar-refractivity contribution in [1.82, 2.24) is 5.48 Å². The minimum atomic E-state index is -0.555. The van der Waals surface area contributed by atoms with Crippen molar-refractivity contribution < 1.29 is 34.0 Å². The molecule has 34 heavy (non-hydrogen) atoms. The van der Waals surface area contributed by atoms with Gasteiger partial charge in [0.15, 0.2) is 23.1 Å². The van der Waals surface area contributed by atoms with Crippen molar-refractivity contribution in [1.29, 1.82) is 0 Å². The Kier molecular flexibility index (Phi) is 8.20. The van der Waals surface area contributed by atoms with Gasteiger partial charge in [-0.3, -0.25) is 0 Å². The lowest BCUT2D eigenvalue weighted by Crippen LogP contribution is -2.18. The van der Waals surface area contributed by atoms with Gasteiger partial charge in [0.05, 0.1) is 26.5 Å². The summed E-state index contributed by atoms with van der Waals surface area (Å²) in [5.74, 6) is -0.361. The van der Waals surface area contributed by atoms with Crippen molar-refractivity contribution in [3.63, 3.8) is 0 Å². The molecule has 178 valence electrons. The molecule has 0 aliphatic heterocycles. The monoisotopic (exact) mass is 468 g/mol. The highest BCUT2D eigenvalue weighted by molar-refractivity contribution is 5.75. The van der Waals surface area contributed by atoms with E-state index in [4.69, 9.17) is 14.3 Å². The zero-order valence-electron chi connectivity index (χ0n) is 18.6. The standard InChI is InChI=1S/C25H25FN2O6/c1-32-23-15-17(14-22(30)24(23)31)5-4-16-12-20(26)25(33-2)21(13-16)27-10-3-11-28-34-19-8-6-18(29)7-9-19/h3-10,12-15,27-31H,11H2,1-2H3/b5-4-,10-3-. The van der Waals surface area contributed by atoms with Crippen LogP contribution < -0.4 is 25.1 Å². The Labute approximate surface area is 196 Å². The molecule has 5 N–H and O–H groups in total. The summed E-state index contributed by atoms with van der Waals surface area (Å²) in [5.41, 5.74) is 4.24. The molecule has 0 saturated carbocycles. The first-order valence-electron chi connectivity index (χ1n) is 10.2. The molecule has 0 bridgehead atoms. The second-order valence-corrected chi connectivity index (χ2v) is 7.00. The van der Waals surface area contributed by atoms with Gasteiger partial charge in [-0.2, -0.15) is 5.48 Å². The van der Waals surface area contributed by atoms with E-state index in [1.807, 2.05) is 0 Å². The van der Waals surface area contributed by atoms with Crippen molar-refractivity contribution in [3.05, 3.63) is 77.8 Å². The Morgan fingerprint density at radius 3 is 2.29 bits per heavy atom. The maximum atomic E-state index is 14.6. The number of methoxy groups -OCH3 is 2. The summed E-state index contributed by atoms with van der Waals surface area (Å²) in [6.45, 7) is 0.352. The molecule has 8 nitrogen and oxygen atoms in total. The molecular formula is C25H25FN2O6. The summed E-state index contributed by atoms with van der Waals surface area (Å²) in [5, 5.41) is 31.8. The van der Waals surface area contributed by atoms with E-state index in [-0.39, 0.29) is 28.7 Å². The second kappa shape index (κ2) is 11.5. The summed E-state index contributed by atoms with van der Waals surface area (Å²) in [7, 11) is 2.75. The van der Waals surface area contributed by atoms with Crippen LogP contribution in [0.2, 0.25) is 0 Å². The lowest BCUT2D eigenvalue weighted by Gasteiger charge is -2.11. The molecule has 0 fully saturated rings. The number of phenolic OH excluding ortho intramolecular Hbond substituents is 3. The van der Waals surface area contributed by atoms with Crippen LogP contribution in [0.5, 0.6) is 34.5 Å². The van der Waals surface area contributed by atoms with E-state index in [2.05, 4.69) is 10.8 Å². The van der Waals surface area contributed by atoms with E-state index < -0.39 is 5.82 Å². The van der Waals surface area contributed by atoms with Crippen molar-refractivity contribution in [2.24, 2.45) is 0 Å². The number of benzene rings is 3. The van der Waals surface area contributed by atoms with Gasteiger partial charge in [0, 0.05) is 0 Å². The van der Waals surface area contributed by atoms with Gasteiger partial charge in [0.1, 0.15) is 11.5 Å². The predicted octanol–water partition coefficient (Wildman–Crippen LogP) is 4.64. The molecule has 0 heterocycles. The third-order valence-corrected chi connectivity index (χ3v) is 4.62. The highest BCUT2D eigenvalue weighted by atomic mass is 19.1. The number of ether oxygens (including phenoxy) is 2. The van der Waals surface area contributed by atoms with Gasteiger partial charge in [-0.25, -0.2) is 4.39 Å². The average molecular weight is 468 g/mol. The van der Waals surface area contributed by atoms with E-state index >= 15 is 0 Å². The van der Waals surface area contributed by atoms with E-state index in [9.17, 15) is 19.7 Å². The first-order valence-corrected chi connectivity index (χ1v) is 10.2. The lowest BCUT2D eigenvalue weighted by molar-refractivity contribution is 0.209. The number of hydroxylamine groups is 1. The van der Waals surface area contributed by atoms with Crippen LogP contribution in [-0.4, -0.2) is 36.1 Å². The molecule has 0 aliphatic carbocycles. The highest BCUT2D eigenvalue weighted by Crippen LogP contribution is 2.37. The normalized spacial score (nSPS) is 11.1. The highest BCUT2D eigenvalue weighted by Gasteiger charge is 2.11. The van der Waals surface area contributed by atoms with Gasteiger partial charge >= 0.3 is 0 Å². The average Bonchev–Trinajstić information content (AvgIpc) is 2.83. The topological polar surface area (TPSA) is 112 Å². The molecule has 0 spiro atoms. The SMILES string of the molecule is COc1cc(/C=C\c2cc(F)c(OC)c(N/C=C\CNOc3ccc(O)cc3)c2)cc(O)c1O. The van der Waals surface area contributed by atoms with Crippen molar-refractivity contribution in [2.75, 3.05) is 26.1 Å². The van der Waals surface area contributed by atoms with Crippen LogP contribution in [0.25, 0.3) is 12.2 Å². The predicted molar refractivity (Wildman–Crippen MR) is 128 cm³/mol. The Morgan fingerprint density at radius 1 is 0.912 bits per heavy atom. The van der Waals surface area contributed by atoms with Crippen LogP contribution in [0.1, 0.15) is 11.1 Å². The van der Waals surface area contributed by atoms with E-state index in [0.29, 0.717) is 29.1 Å². The Balaban J connectivity index is 1.66. The molecule has 0 aromatic heterocycles. The summed E-state index contributed by atoms with van der Waals surface area (Å²) in [6, 6.07) is 12.2. The molecule has 0 atom stereocenters. The fourth-order valence-corrected chi connectivity index (χ4v) is 2.98. The number of halogens is 1. The van der Waals surface area contributed by atoms with Crippen LogP contribution in [0, 0.1) is 5.82 Å². The zero-order valence-corrected chi connectivity index (χ0v) is 18.6. The number of rotatable bonds is 10. The third kappa shape index (κ3) is 6.33. The molecule has 0 amide bonds. The van der Waals surface area contributed by atoms with Crippen LogP contribution >= 0.6 is 0 Å². The molecule has 0 unspecified atom stereocenters. The van der Waals surface area contributed by atoms with Gasteiger partial charge in [0.25, 0.3) is 0 Å². The first-order chi connectivity index (χ1) is 16.4. The summed E-state index contributed by atoms with van der Waals surface area (Å²) in [4.78, 5) is 5.33. The quantitative estimate of drug-likeness (QED) is 0.127. The van der Waals surface area contributed by atoms with Crippen molar-refractivity contribution >= 4 is 17.8 Å². The van der Waals surface area contributed by atoms with Crippen LogP contribution in [0.15, 0.2) is 60.8 Å². The first kappa shape index (κ1) is 24.3. The van der Waals surface area contributed by atoms with E-state index in [0.717, 1.165) is 0 Å².